The zero-order chi connectivity index (χ0) is 89.8. The van der Waals surface area contributed by atoms with Gasteiger partial charge in [-0.15, -0.1) is 0 Å². The summed E-state index contributed by atoms with van der Waals surface area (Å²) in [5.74, 6) is -188. The van der Waals surface area contributed by atoms with Crippen LogP contribution in [0.15, 0.2) is 54.6 Å². The van der Waals surface area contributed by atoms with Crippen LogP contribution in [-0.4, -0.2) is 189 Å². The summed E-state index contributed by atoms with van der Waals surface area (Å²) < 4.78 is 734. The maximum atomic E-state index is 14.8. The number of hydrogen-bond donors (Lipinski definition) is 0. The van der Waals surface area contributed by atoms with E-state index < -0.39 is 263 Å². The molecule has 0 heterocycles. The first-order chi connectivity index (χ1) is 50.4. The second-order valence-electron chi connectivity index (χ2n) is 23.8. The van der Waals surface area contributed by atoms with Crippen LogP contribution < -0.4 is 14.2 Å². The lowest BCUT2D eigenvalue weighted by Crippen LogP contribution is -2.74. The predicted octanol–water partition coefficient (Wildman–Crippen LogP) is 23.9. The smallest absolute Gasteiger partial charge is 0.460 e. The number of hydrogen-bond acceptors (Lipinski definition) is 6. The van der Waals surface area contributed by atoms with E-state index in [4.69, 9.17) is 23.7 Å². The minimum absolute atomic E-state index is 0.0396. The van der Waals surface area contributed by atoms with Gasteiger partial charge in [0.05, 0.1) is 38.6 Å². The summed E-state index contributed by atoms with van der Waals surface area (Å²) in [6, 6.07) is 11.3. The summed E-state index contributed by atoms with van der Waals surface area (Å²) in [6.07, 6.45) is -46.2. The molecular formula is C57H41F51O6. The standard InChI is InChI=1S/C57H41F51O6/c58-34(59,37(64,65)40(70,71)43(76,77)46(82,83)49(88,89)52(94,95)55(100,101)102)15-3-6-18-111-30-24-28(33(109)114-23-22-110-21-14-27-12-9-11-26-10-1-2-13-29(26)27)25-31(112-19-7-4-16-35(60,61)38(66,67)41(72,73)44(78,79)47(84,85)50(90,91)53(96,97)56(103,104)105)32(30)113-20-8-5-17-36(62,63)39(68,69)42(74,75)45(80,81)48(86,87)51(92,93)54(98,99)57(106,107)108/h1-2,9-13,24-25H,3-8,14-23H2. The van der Waals surface area contributed by atoms with Crippen molar-refractivity contribution in [1.82, 2.24) is 0 Å². The summed E-state index contributed by atoms with van der Waals surface area (Å²) in [5.41, 5.74) is -0.744. The summed E-state index contributed by atoms with van der Waals surface area (Å²) >= 11 is 0. The Morgan fingerprint density at radius 3 is 0.825 bits per heavy atom. The molecular weight excluding hydrogens is 1750 g/mol. The fourth-order valence-electron chi connectivity index (χ4n) is 9.07. The maximum Gasteiger partial charge on any atom is 0.460 e. The number of esters is 1. The van der Waals surface area contributed by atoms with Crippen molar-refractivity contribution in [3.8, 4) is 17.2 Å². The van der Waals surface area contributed by atoms with Gasteiger partial charge in [-0.3, -0.25) is 0 Å². The summed E-state index contributed by atoms with van der Waals surface area (Å²) in [6.45, 7) is -7.55. The third-order valence-corrected chi connectivity index (χ3v) is 15.9. The van der Waals surface area contributed by atoms with Gasteiger partial charge in [0.1, 0.15) is 6.61 Å². The molecule has 0 fully saturated rings. The van der Waals surface area contributed by atoms with E-state index in [9.17, 15) is 229 Å². The number of halogens is 51. The number of carbonyl (C=O) groups is 1. The minimum Gasteiger partial charge on any atom is -0.490 e. The van der Waals surface area contributed by atoms with E-state index in [-0.39, 0.29) is 25.2 Å². The van der Waals surface area contributed by atoms with Gasteiger partial charge in [0.2, 0.25) is 5.75 Å². The van der Waals surface area contributed by atoms with Crippen molar-refractivity contribution >= 4 is 16.7 Å². The van der Waals surface area contributed by atoms with Crippen molar-refractivity contribution in [2.45, 2.75) is 207 Å². The molecule has 0 aliphatic carbocycles. The maximum absolute atomic E-state index is 14.8. The summed E-state index contributed by atoms with van der Waals surface area (Å²) in [4.78, 5) is 13.4. The molecule has 0 spiro atoms. The Hall–Kier alpha value is -6.82. The van der Waals surface area contributed by atoms with Crippen LogP contribution in [0.1, 0.15) is 73.7 Å². The fourth-order valence-corrected chi connectivity index (χ4v) is 9.07. The molecule has 3 aromatic rings. The van der Waals surface area contributed by atoms with E-state index in [1.807, 2.05) is 0 Å². The molecule has 0 aromatic heterocycles. The highest BCUT2D eigenvalue weighted by Gasteiger charge is 2.98. The molecule has 0 atom stereocenters. The van der Waals surface area contributed by atoms with Crippen LogP contribution in [0.3, 0.4) is 0 Å². The normalized spacial score (nSPS) is 15.4. The molecule has 0 aliphatic rings. The third kappa shape index (κ3) is 17.0. The van der Waals surface area contributed by atoms with E-state index in [1.54, 1.807) is 42.5 Å². The number of unbranched alkanes of at least 4 members (excludes halogenated alkanes) is 3. The molecule has 6 nitrogen and oxygen atoms in total. The lowest BCUT2D eigenvalue weighted by atomic mass is 9.88. The number of benzene rings is 3. The van der Waals surface area contributed by atoms with Gasteiger partial charge in [-0.25, -0.2) is 4.79 Å². The van der Waals surface area contributed by atoms with Crippen LogP contribution in [0.4, 0.5) is 224 Å². The van der Waals surface area contributed by atoms with Crippen LogP contribution in [0, 0.1) is 0 Å². The average Bonchev–Trinajstić information content (AvgIpc) is 0.704. The van der Waals surface area contributed by atoms with Gasteiger partial charge in [-0.1, -0.05) is 42.5 Å². The molecule has 57 heteroatoms. The highest BCUT2D eigenvalue weighted by Crippen LogP contribution is 2.69. The SMILES string of the molecule is O=C(OCCOCCc1cccc2ccccc12)c1cc(OCCCCC(F)(F)C(F)(F)C(F)(F)C(F)(F)C(F)(F)C(F)(F)C(F)(F)C(F)(F)F)c(OCCCCC(F)(F)C(F)(F)C(F)(F)C(F)(F)C(F)(F)C(F)(F)C(F)(F)C(F)(F)F)c(OCCCCC(F)(F)C(F)(F)C(F)(F)C(F)(F)C(F)(F)C(F)(F)C(F)(F)C(F)(F)F)c1. The van der Waals surface area contributed by atoms with Crippen LogP contribution in [0.2, 0.25) is 0 Å². The van der Waals surface area contributed by atoms with Crippen molar-refractivity contribution in [3.63, 3.8) is 0 Å². The minimum atomic E-state index is -9.15. The number of alkyl halides is 51. The Bertz CT molecular complexity index is 3580. The van der Waals surface area contributed by atoms with E-state index in [0.717, 1.165) is 0 Å². The molecule has 0 bridgehead atoms. The Kier molecular flexibility index (Phi) is 28.6. The van der Waals surface area contributed by atoms with E-state index in [0.29, 0.717) is 16.3 Å². The average molecular weight is 1790 g/mol. The van der Waals surface area contributed by atoms with Gasteiger partial charge >= 0.3 is 149 Å². The Morgan fingerprint density at radius 2 is 0.526 bits per heavy atom. The molecule has 0 unspecified atom stereocenters. The quantitative estimate of drug-likeness (QED) is 0.0320. The molecule has 114 heavy (non-hydrogen) atoms. The van der Waals surface area contributed by atoms with Crippen molar-refractivity contribution in [2.75, 3.05) is 39.6 Å². The number of carbonyl (C=O) groups excluding carboxylic acids is 1. The Balaban J connectivity index is 2.19. The summed E-state index contributed by atoms with van der Waals surface area (Å²) in [5, 5.41) is 1.31. The van der Waals surface area contributed by atoms with Crippen LogP contribution in [0.5, 0.6) is 17.2 Å². The van der Waals surface area contributed by atoms with Crippen LogP contribution in [0.25, 0.3) is 10.8 Å². The topological polar surface area (TPSA) is 63.2 Å². The van der Waals surface area contributed by atoms with Crippen molar-refractivity contribution < 1.29 is 252 Å². The largest absolute Gasteiger partial charge is 0.490 e. The first-order valence-corrected chi connectivity index (χ1v) is 29.8. The molecule has 0 saturated carbocycles. The monoisotopic (exact) mass is 1790 g/mol. The second kappa shape index (κ2) is 32.1. The van der Waals surface area contributed by atoms with E-state index >= 15 is 0 Å². The predicted molar refractivity (Wildman–Crippen MR) is 275 cm³/mol. The third-order valence-electron chi connectivity index (χ3n) is 15.9. The van der Waals surface area contributed by atoms with Gasteiger partial charge in [-0.2, -0.15) is 224 Å². The van der Waals surface area contributed by atoms with Crippen LogP contribution >= 0.6 is 0 Å². The van der Waals surface area contributed by atoms with E-state index in [2.05, 4.69) is 0 Å². The van der Waals surface area contributed by atoms with E-state index in [1.165, 1.54) is 0 Å². The highest BCUT2D eigenvalue weighted by atomic mass is 19.5. The van der Waals surface area contributed by atoms with Crippen molar-refractivity contribution in [1.29, 1.82) is 0 Å². The molecule has 662 valence electrons. The molecule has 0 N–H and O–H groups in total. The number of rotatable bonds is 43. The Morgan fingerprint density at radius 1 is 0.263 bits per heavy atom. The zero-order valence-corrected chi connectivity index (χ0v) is 54.2. The van der Waals surface area contributed by atoms with Gasteiger partial charge in [0.15, 0.2) is 11.5 Å². The molecule has 0 aliphatic heterocycles. The molecule has 0 radical (unpaired) electrons. The zero-order valence-electron chi connectivity index (χ0n) is 54.2. The van der Waals surface area contributed by atoms with Gasteiger partial charge in [0.25, 0.3) is 0 Å². The van der Waals surface area contributed by atoms with Gasteiger partial charge < -0.3 is 23.7 Å². The molecule has 0 amide bonds. The highest BCUT2D eigenvalue weighted by molar-refractivity contribution is 5.91. The van der Waals surface area contributed by atoms with Crippen molar-refractivity contribution in [3.05, 3.63) is 65.7 Å². The number of fused-ring (bicyclic) bond motifs is 1. The van der Waals surface area contributed by atoms with Crippen molar-refractivity contribution in [2.24, 2.45) is 0 Å². The summed E-state index contributed by atoms with van der Waals surface area (Å²) in [7, 11) is 0. The molecule has 3 aromatic carbocycles. The van der Waals surface area contributed by atoms with Gasteiger partial charge in [-0.05, 0) is 73.4 Å². The first-order valence-electron chi connectivity index (χ1n) is 29.8. The van der Waals surface area contributed by atoms with Gasteiger partial charge in [0, 0.05) is 19.3 Å². The molecule has 0 saturated heterocycles. The molecule has 3 rings (SSSR count). The Labute approximate surface area is 598 Å². The fraction of sp³-hybridized carbons (Fsp3) is 0.702. The van der Waals surface area contributed by atoms with Crippen LogP contribution in [-0.2, 0) is 15.9 Å². The second-order valence-corrected chi connectivity index (χ2v) is 23.8. The lowest BCUT2D eigenvalue weighted by molar-refractivity contribution is -0.461. The lowest BCUT2D eigenvalue weighted by Gasteiger charge is -2.42. The number of ether oxygens (including phenoxy) is 5. The first kappa shape index (κ1) is 101.